The Morgan fingerprint density at radius 3 is 0.931 bits per heavy atom. The Kier molecular flexibility index (Phi) is 57.0. The molecule has 0 radical (unpaired) electrons. The molecule has 0 saturated heterocycles. The van der Waals surface area contributed by atoms with Gasteiger partial charge in [0.2, 0.25) is 0 Å². The van der Waals surface area contributed by atoms with Crippen molar-refractivity contribution in [1.82, 2.24) is 0 Å². The van der Waals surface area contributed by atoms with Crippen LogP contribution in [0.3, 0.4) is 0 Å². The number of aliphatic hydroxyl groups is 1. The van der Waals surface area contributed by atoms with E-state index in [2.05, 4.69) is 72.8 Å². The van der Waals surface area contributed by atoms with E-state index in [9.17, 15) is 43.2 Å². The lowest BCUT2D eigenvalue weighted by Gasteiger charge is -2.21. The first-order valence-corrected chi connectivity index (χ1v) is 37.7. The van der Waals surface area contributed by atoms with E-state index in [1.165, 1.54) is 103 Å². The van der Waals surface area contributed by atoms with Gasteiger partial charge in [-0.05, 0) is 69.1 Å². The normalized spacial score (nSPS) is 14.4. The molecule has 87 heavy (non-hydrogen) atoms. The Morgan fingerprint density at radius 1 is 0.356 bits per heavy atom. The van der Waals surface area contributed by atoms with Gasteiger partial charge in [-0.3, -0.25) is 37.3 Å². The SMILES string of the molecule is CCCCCC/C=C\C=C/CCCCCCCC(=O)O[C@H](COC(=O)CCCCCCCCCC(C)C)COP(=O)(O)OCC(O)COP(=O)(O)OC[C@@H](COC(=O)CCCCCCCCCCCC(C)C)OC(=O)CCCCCCCCCC(C)C. The fourth-order valence-electron chi connectivity index (χ4n) is 9.65. The molecule has 0 heterocycles. The molecule has 5 atom stereocenters. The van der Waals surface area contributed by atoms with Crippen LogP contribution in [0.15, 0.2) is 24.3 Å². The summed E-state index contributed by atoms with van der Waals surface area (Å²) in [5.41, 5.74) is 0. The van der Waals surface area contributed by atoms with Gasteiger partial charge in [-0.25, -0.2) is 9.13 Å². The van der Waals surface area contributed by atoms with Crippen LogP contribution in [0.4, 0.5) is 0 Å². The number of hydrogen-bond acceptors (Lipinski definition) is 15. The van der Waals surface area contributed by atoms with Gasteiger partial charge in [-0.15, -0.1) is 0 Å². The standard InChI is InChI=1S/C68H128O17P2/c1-8-9-10-11-12-13-14-15-16-17-18-21-29-37-44-51-67(72)84-63(56-79-66(71)50-43-36-30-23-26-33-40-47-60(4)5)57-82-86(74,75)80-53-62(69)54-81-87(76,77)83-58-64(85-68(73)52-45-38-31-24-27-34-41-48-61(6)7)55-78-65(70)49-42-35-28-22-19-20-25-32-39-46-59(2)3/h13-16,59-64,69H,8-12,17-58H2,1-7H3,(H,74,75)(H,76,77)/b14-13-,16-15-/t62?,63-,64-/m1/s1. The van der Waals surface area contributed by atoms with Gasteiger partial charge in [0.25, 0.3) is 0 Å². The molecule has 512 valence electrons. The van der Waals surface area contributed by atoms with Crippen LogP contribution in [0.5, 0.6) is 0 Å². The second-order valence-electron chi connectivity index (χ2n) is 25.3. The number of phosphoric ester groups is 2. The highest BCUT2D eigenvalue weighted by molar-refractivity contribution is 7.47. The van der Waals surface area contributed by atoms with E-state index in [4.69, 9.17) is 37.0 Å². The van der Waals surface area contributed by atoms with Crippen LogP contribution in [0, 0.1) is 17.8 Å². The molecule has 0 bridgehead atoms. The number of rotatable bonds is 64. The van der Waals surface area contributed by atoms with Crippen molar-refractivity contribution in [3.05, 3.63) is 24.3 Å². The van der Waals surface area contributed by atoms with E-state index in [1.807, 2.05) is 0 Å². The first-order valence-electron chi connectivity index (χ1n) is 34.7. The number of carbonyl (C=O) groups is 4. The minimum Gasteiger partial charge on any atom is -0.462 e. The number of phosphoric acid groups is 2. The molecule has 19 heteroatoms. The number of esters is 4. The first kappa shape index (κ1) is 84.5. The molecule has 0 aliphatic rings. The smallest absolute Gasteiger partial charge is 0.462 e. The van der Waals surface area contributed by atoms with Crippen molar-refractivity contribution < 1.29 is 80.2 Å². The van der Waals surface area contributed by atoms with Gasteiger partial charge in [0.1, 0.15) is 19.3 Å². The van der Waals surface area contributed by atoms with Crippen molar-refractivity contribution in [2.24, 2.45) is 17.8 Å². The van der Waals surface area contributed by atoms with E-state index in [1.54, 1.807) is 0 Å². The molecule has 0 rings (SSSR count). The number of unbranched alkanes of at least 4 members (excludes halogenated alkanes) is 29. The minimum atomic E-state index is -4.96. The highest BCUT2D eigenvalue weighted by Gasteiger charge is 2.30. The molecule has 0 aromatic rings. The van der Waals surface area contributed by atoms with E-state index in [0.29, 0.717) is 37.5 Å². The monoisotopic (exact) mass is 1280 g/mol. The van der Waals surface area contributed by atoms with E-state index < -0.39 is 97.5 Å². The van der Waals surface area contributed by atoms with Gasteiger partial charge >= 0.3 is 39.5 Å². The Hall–Kier alpha value is -2.46. The fourth-order valence-corrected chi connectivity index (χ4v) is 11.2. The lowest BCUT2D eigenvalue weighted by atomic mass is 10.0. The van der Waals surface area contributed by atoms with Crippen LogP contribution >= 0.6 is 15.6 Å². The lowest BCUT2D eigenvalue weighted by molar-refractivity contribution is -0.161. The fraction of sp³-hybridized carbons (Fsp3) is 0.882. The third-order valence-corrected chi connectivity index (χ3v) is 16.9. The predicted molar refractivity (Wildman–Crippen MR) is 349 cm³/mol. The van der Waals surface area contributed by atoms with Crippen molar-refractivity contribution in [3.8, 4) is 0 Å². The van der Waals surface area contributed by atoms with E-state index >= 15 is 0 Å². The Bertz CT molecular complexity index is 1810. The number of aliphatic hydroxyl groups excluding tert-OH is 1. The number of carbonyl (C=O) groups excluding carboxylic acids is 4. The van der Waals surface area contributed by atoms with Gasteiger partial charge in [-0.2, -0.15) is 0 Å². The third kappa shape index (κ3) is 62.1. The molecular weight excluding hydrogens is 1150 g/mol. The van der Waals surface area contributed by atoms with Gasteiger partial charge in [0.15, 0.2) is 12.2 Å². The van der Waals surface area contributed by atoms with Crippen LogP contribution in [-0.4, -0.2) is 96.7 Å². The molecule has 0 aromatic heterocycles. The Morgan fingerprint density at radius 2 is 0.621 bits per heavy atom. The third-order valence-electron chi connectivity index (χ3n) is 15.0. The zero-order chi connectivity index (χ0) is 64.5. The average Bonchev–Trinajstić information content (AvgIpc) is 3.68. The average molecular weight is 1280 g/mol. The van der Waals surface area contributed by atoms with Crippen LogP contribution in [0.25, 0.3) is 0 Å². The summed E-state index contributed by atoms with van der Waals surface area (Å²) in [6, 6.07) is 0. The van der Waals surface area contributed by atoms with Crippen LogP contribution in [-0.2, 0) is 65.4 Å². The van der Waals surface area contributed by atoms with Gasteiger partial charge in [0.05, 0.1) is 26.4 Å². The van der Waals surface area contributed by atoms with Gasteiger partial charge < -0.3 is 33.8 Å². The van der Waals surface area contributed by atoms with Crippen molar-refractivity contribution in [1.29, 1.82) is 0 Å². The molecule has 3 unspecified atom stereocenters. The van der Waals surface area contributed by atoms with Crippen molar-refractivity contribution >= 4 is 39.5 Å². The summed E-state index contributed by atoms with van der Waals surface area (Å²) in [6.07, 6.45) is 44.1. The Labute approximate surface area is 529 Å². The summed E-state index contributed by atoms with van der Waals surface area (Å²) in [6.45, 7) is 11.6. The molecule has 0 aromatic carbocycles. The maximum atomic E-state index is 13.0. The molecule has 0 amide bonds. The molecular formula is C68H128O17P2. The van der Waals surface area contributed by atoms with Gasteiger partial charge in [-0.1, -0.05) is 259 Å². The predicted octanol–water partition coefficient (Wildman–Crippen LogP) is 18.6. The molecule has 0 aliphatic heterocycles. The summed E-state index contributed by atoms with van der Waals surface area (Å²) in [5, 5.41) is 10.6. The van der Waals surface area contributed by atoms with Crippen LogP contribution in [0.2, 0.25) is 0 Å². The van der Waals surface area contributed by atoms with Crippen LogP contribution < -0.4 is 0 Å². The molecule has 0 fully saturated rings. The Balaban J connectivity index is 5.28. The molecule has 17 nitrogen and oxygen atoms in total. The highest BCUT2D eigenvalue weighted by atomic mass is 31.2. The zero-order valence-electron chi connectivity index (χ0n) is 56.0. The molecule has 3 N–H and O–H groups in total. The van der Waals surface area contributed by atoms with Gasteiger partial charge in [0, 0.05) is 25.7 Å². The van der Waals surface area contributed by atoms with Crippen molar-refractivity contribution in [3.63, 3.8) is 0 Å². The summed E-state index contributed by atoms with van der Waals surface area (Å²) < 4.78 is 68.1. The second kappa shape index (κ2) is 58.6. The molecule has 0 spiro atoms. The summed E-state index contributed by atoms with van der Waals surface area (Å²) >= 11 is 0. The van der Waals surface area contributed by atoms with Crippen molar-refractivity contribution in [2.75, 3.05) is 39.6 Å². The number of allylic oxidation sites excluding steroid dienone is 4. The molecule has 0 saturated carbocycles. The topological polar surface area (TPSA) is 237 Å². The lowest BCUT2D eigenvalue weighted by Crippen LogP contribution is -2.30. The number of ether oxygens (including phenoxy) is 4. The summed E-state index contributed by atoms with van der Waals surface area (Å²) in [7, 11) is -9.91. The molecule has 0 aliphatic carbocycles. The van der Waals surface area contributed by atoms with Crippen molar-refractivity contribution in [2.45, 2.75) is 330 Å². The minimum absolute atomic E-state index is 0.0836. The summed E-state index contributed by atoms with van der Waals surface area (Å²) in [5.74, 6) is -0.0257. The highest BCUT2D eigenvalue weighted by Crippen LogP contribution is 2.45. The quantitative estimate of drug-likeness (QED) is 0.0169. The first-order chi connectivity index (χ1) is 41.7. The van der Waals surface area contributed by atoms with E-state index in [0.717, 1.165) is 115 Å². The van der Waals surface area contributed by atoms with Crippen LogP contribution in [0.1, 0.15) is 312 Å². The van der Waals surface area contributed by atoms with E-state index in [-0.39, 0.29) is 25.7 Å². The maximum absolute atomic E-state index is 13.0. The maximum Gasteiger partial charge on any atom is 0.472 e. The number of hydrogen-bond donors (Lipinski definition) is 3. The second-order valence-corrected chi connectivity index (χ2v) is 28.2. The zero-order valence-corrected chi connectivity index (χ0v) is 57.7. The largest absolute Gasteiger partial charge is 0.472 e. The summed E-state index contributed by atoms with van der Waals surface area (Å²) in [4.78, 5) is 72.4.